The highest BCUT2D eigenvalue weighted by molar-refractivity contribution is 7.88. The zero-order valence-corrected chi connectivity index (χ0v) is 10.2. The van der Waals surface area contributed by atoms with Gasteiger partial charge in [-0.25, -0.2) is 8.42 Å². The number of nitrogens with zero attached hydrogens (tertiary/aromatic N) is 2. The minimum atomic E-state index is -3.19. The van der Waals surface area contributed by atoms with Gasteiger partial charge in [-0.05, 0) is 33.0 Å². The zero-order chi connectivity index (χ0) is 11.5. The number of sulfonamides is 1. The maximum absolute atomic E-state index is 11.5. The van der Waals surface area contributed by atoms with Gasteiger partial charge in [-0.15, -0.1) is 0 Å². The molecule has 0 aromatic rings. The summed E-state index contributed by atoms with van der Waals surface area (Å²) in [6.45, 7) is 1.94. The molecule has 1 aliphatic heterocycles. The third kappa shape index (κ3) is 3.71. The van der Waals surface area contributed by atoms with Crippen molar-refractivity contribution in [2.24, 2.45) is 0 Å². The SMILES string of the molecule is CN1CCC(N(CCO)S(C)(=O)=O)CC1. The smallest absolute Gasteiger partial charge is 0.211 e. The normalized spacial score (nSPS) is 21.1. The highest BCUT2D eigenvalue weighted by atomic mass is 32.2. The van der Waals surface area contributed by atoms with Crippen molar-refractivity contribution in [3.63, 3.8) is 0 Å². The van der Waals surface area contributed by atoms with Gasteiger partial charge in [0.15, 0.2) is 0 Å². The molecule has 0 radical (unpaired) electrons. The standard InChI is InChI=1S/C9H20N2O3S/c1-10-5-3-9(4-6-10)11(7-8-12)15(2,13)14/h9,12H,3-8H2,1-2H3. The lowest BCUT2D eigenvalue weighted by Gasteiger charge is -2.35. The monoisotopic (exact) mass is 236 g/mol. The fourth-order valence-electron chi connectivity index (χ4n) is 2.00. The molecule has 1 rings (SSSR count). The second-order valence-electron chi connectivity index (χ2n) is 4.13. The van der Waals surface area contributed by atoms with Crippen LogP contribution < -0.4 is 0 Å². The molecular formula is C9H20N2O3S. The van der Waals surface area contributed by atoms with Crippen LogP contribution in [0.1, 0.15) is 12.8 Å². The minimum Gasteiger partial charge on any atom is -0.395 e. The van der Waals surface area contributed by atoms with E-state index in [0.717, 1.165) is 25.9 Å². The van der Waals surface area contributed by atoms with Crippen LogP contribution in [0, 0.1) is 0 Å². The lowest BCUT2D eigenvalue weighted by molar-refractivity contribution is 0.162. The third-order valence-electron chi connectivity index (χ3n) is 2.84. The van der Waals surface area contributed by atoms with E-state index in [1.54, 1.807) is 0 Å². The van der Waals surface area contributed by atoms with Crippen LogP contribution in [0.2, 0.25) is 0 Å². The van der Waals surface area contributed by atoms with Crippen molar-refractivity contribution in [3.05, 3.63) is 0 Å². The number of hydrogen-bond donors (Lipinski definition) is 1. The maximum atomic E-state index is 11.5. The molecule has 15 heavy (non-hydrogen) atoms. The Bertz CT molecular complexity index is 284. The Morgan fingerprint density at radius 3 is 2.33 bits per heavy atom. The van der Waals surface area contributed by atoms with Gasteiger partial charge in [0.1, 0.15) is 0 Å². The van der Waals surface area contributed by atoms with Crippen LogP contribution in [0.3, 0.4) is 0 Å². The first-order valence-electron chi connectivity index (χ1n) is 5.21. The molecule has 0 amide bonds. The number of piperidine rings is 1. The van der Waals surface area contributed by atoms with Crippen LogP contribution >= 0.6 is 0 Å². The lowest BCUT2D eigenvalue weighted by atomic mass is 10.1. The van der Waals surface area contributed by atoms with Crippen LogP contribution in [0.25, 0.3) is 0 Å². The van der Waals surface area contributed by atoms with E-state index in [0.29, 0.717) is 0 Å². The summed E-state index contributed by atoms with van der Waals surface area (Å²) >= 11 is 0. The van der Waals surface area contributed by atoms with E-state index in [4.69, 9.17) is 5.11 Å². The fraction of sp³-hybridized carbons (Fsp3) is 1.00. The van der Waals surface area contributed by atoms with Gasteiger partial charge in [-0.1, -0.05) is 0 Å². The molecule has 1 saturated heterocycles. The maximum Gasteiger partial charge on any atom is 0.211 e. The van der Waals surface area contributed by atoms with Gasteiger partial charge in [0.05, 0.1) is 12.9 Å². The Balaban J connectivity index is 2.65. The summed E-state index contributed by atoms with van der Waals surface area (Å²) in [6, 6.07) is 0.0587. The first-order valence-corrected chi connectivity index (χ1v) is 7.06. The molecule has 0 aliphatic carbocycles. The van der Waals surface area contributed by atoms with Crippen LogP contribution in [0.5, 0.6) is 0 Å². The summed E-state index contributed by atoms with van der Waals surface area (Å²) in [7, 11) is -1.15. The summed E-state index contributed by atoms with van der Waals surface area (Å²) in [4.78, 5) is 2.19. The first-order chi connectivity index (χ1) is 6.95. The molecule has 6 heteroatoms. The molecule has 1 N–H and O–H groups in total. The summed E-state index contributed by atoms with van der Waals surface area (Å²) in [5, 5.41) is 8.87. The highest BCUT2D eigenvalue weighted by Crippen LogP contribution is 2.17. The van der Waals surface area contributed by atoms with E-state index in [1.165, 1.54) is 10.6 Å². The molecule has 0 spiro atoms. The van der Waals surface area contributed by atoms with Crippen molar-refractivity contribution in [2.45, 2.75) is 18.9 Å². The highest BCUT2D eigenvalue weighted by Gasteiger charge is 2.28. The average molecular weight is 236 g/mol. The van der Waals surface area contributed by atoms with Gasteiger partial charge in [0.2, 0.25) is 10.0 Å². The van der Waals surface area contributed by atoms with Gasteiger partial charge >= 0.3 is 0 Å². The Morgan fingerprint density at radius 1 is 1.40 bits per heavy atom. The first kappa shape index (κ1) is 12.9. The predicted molar refractivity (Wildman–Crippen MR) is 59.2 cm³/mol. The summed E-state index contributed by atoms with van der Waals surface area (Å²) in [5.74, 6) is 0. The van der Waals surface area contributed by atoms with E-state index in [-0.39, 0.29) is 19.2 Å². The molecular weight excluding hydrogens is 216 g/mol. The molecule has 0 saturated carbocycles. The van der Waals surface area contributed by atoms with Crippen molar-refractivity contribution >= 4 is 10.0 Å². The van der Waals surface area contributed by atoms with Gasteiger partial charge < -0.3 is 10.0 Å². The van der Waals surface area contributed by atoms with Crippen LogP contribution in [0.4, 0.5) is 0 Å². The number of aliphatic hydroxyl groups is 1. The third-order valence-corrected chi connectivity index (χ3v) is 4.17. The van der Waals surface area contributed by atoms with Crippen molar-refractivity contribution in [2.75, 3.05) is 39.5 Å². The van der Waals surface area contributed by atoms with Crippen LogP contribution in [-0.2, 0) is 10.0 Å². The van der Waals surface area contributed by atoms with Crippen LogP contribution in [-0.4, -0.2) is 68.3 Å². The second kappa shape index (κ2) is 5.25. The molecule has 1 aliphatic rings. The number of rotatable bonds is 4. The van der Waals surface area contributed by atoms with E-state index in [2.05, 4.69) is 4.90 Å². The summed E-state index contributed by atoms with van der Waals surface area (Å²) in [5.41, 5.74) is 0. The molecule has 5 nitrogen and oxygen atoms in total. The van der Waals surface area contributed by atoms with E-state index in [9.17, 15) is 8.42 Å². The topological polar surface area (TPSA) is 60.9 Å². The fourth-order valence-corrected chi connectivity index (χ4v) is 3.17. The Labute approximate surface area is 91.7 Å². The van der Waals surface area contributed by atoms with E-state index < -0.39 is 10.0 Å². The molecule has 1 fully saturated rings. The molecule has 0 bridgehead atoms. The molecule has 0 unspecified atom stereocenters. The molecule has 1 heterocycles. The molecule has 0 atom stereocenters. The van der Waals surface area contributed by atoms with Gasteiger partial charge in [0.25, 0.3) is 0 Å². The second-order valence-corrected chi connectivity index (χ2v) is 6.07. The van der Waals surface area contributed by atoms with Gasteiger partial charge in [0, 0.05) is 12.6 Å². The van der Waals surface area contributed by atoms with E-state index >= 15 is 0 Å². The molecule has 0 aromatic heterocycles. The number of likely N-dealkylation sites (tertiary alicyclic amines) is 1. The van der Waals surface area contributed by atoms with Crippen LogP contribution in [0.15, 0.2) is 0 Å². The van der Waals surface area contributed by atoms with Gasteiger partial charge in [-0.2, -0.15) is 4.31 Å². The van der Waals surface area contributed by atoms with Crippen molar-refractivity contribution in [3.8, 4) is 0 Å². The summed E-state index contributed by atoms with van der Waals surface area (Å²) < 4.78 is 24.4. The van der Waals surface area contributed by atoms with Crippen molar-refractivity contribution in [1.82, 2.24) is 9.21 Å². The zero-order valence-electron chi connectivity index (χ0n) is 9.39. The largest absolute Gasteiger partial charge is 0.395 e. The van der Waals surface area contributed by atoms with Gasteiger partial charge in [-0.3, -0.25) is 0 Å². The predicted octanol–water partition coefficient (Wildman–Crippen LogP) is -0.665. The molecule has 90 valence electrons. The Hall–Kier alpha value is -0.170. The Morgan fingerprint density at radius 2 is 1.93 bits per heavy atom. The van der Waals surface area contributed by atoms with Crippen molar-refractivity contribution < 1.29 is 13.5 Å². The average Bonchev–Trinajstić information content (AvgIpc) is 2.14. The lowest BCUT2D eigenvalue weighted by Crippen LogP contribution is -2.47. The number of aliphatic hydroxyl groups excluding tert-OH is 1. The Kier molecular flexibility index (Phi) is 4.51. The van der Waals surface area contributed by atoms with E-state index in [1.807, 2.05) is 7.05 Å². The molecule has 0 aromatic carbocycles. The van der Waals surface area contributed by atoms with Crippen molar-refractivity contribution in [1.29, 1.82) is 0 Å². The summed E-state index contributed by atoms with van der Waals surface area (Å²) in [6.07, 6.45) is 2.91. The quantitative estimate of drug-likeness (QED) is 0.703. The minimum absolute atomic E-state index is 0.0587. The number of hydrogen-bond acceptors (Lipinski definition) is 4.